The average molecular weight is 388 g/mol. The third kappa shape index (κ3) is 5.13. The van der Waals surface area contributed by atoms with Gasteiger partial charge in [-0.1, -0.05) is 19.1 Å². The third-order valence-electron chi connectivity index (χ3n) is 5.09. The highest BCUT2D eigenvalue weighted by molar-refractivity contribution is 5.79. The summed E-state index contributed by atoms with van der Waals surface area (Å²) in [5, 5.41) is 31.6. The Morgan fingerprint density at radius 3 is 2.46 bits per heavy atom. The van der Waals surface area contributed by atoms with Crippen molar-refractivity contribution >= 4 is 5.91 Å². The molecule has 152 valence electrons. The van der Waals surface area contributed by atoms with E-state index < -0.39 is 5.43 Å². The van der Waals surface area contributed by atoms with Gasteiger partial charge in [0, 0.05) is 37.9 Å². The first-order chi connectivity index (χ1) is 13.4. The molecule has 7 heteroatoms. The number of hydrogen-bond donors (Lipinski definition) is 4. The second-order valence-corrected chi connectivity index (χ2v) is 6.82. The lowest BCUT2D eigenvalue weighted by atomic mass is 9.81. The number of pyridine rings is 1. The summed E-state index contributed by atoms with van der Waals surface area (Å²) in [6.45, 7) is 4.31. The monoisotopic (exact) mass is 388 g/mol. The summed E-state index contributed by atoms with van der Waals surface area (Å²) in [5.74, 6) is -0.717. The Labute approximate surface area is 164 Å². The fourth-order valence-electron chi connectivity index (χ4n) is 3.45. The normalized spacial score (nSPS) is 13.1. The first-order valence-corrected chi connectivity index (χ1v) is 9.45. The molecule has 0 bridgehead atoms. The fourth-order valence-corrected chi connectivity index (χ4v) is 3.45. The molecule has 0 saturated carbocycles. The number of phenols is 1. The maximum absolute atomic E-state index is 12.8. The predicted molar refractivity (Wildman–Crippen MR) is 106 cm³/mol. The molecule has 1 amide bonds. The van der Waals surface area contributed by atoms with E-state index in [0.717, 1.165) is 5.56 Å². The SMILES string of the molecule is CCC(C(=O)NCCn1ccc(=O)c(O)c1C)C(CCO)c1ccc(O)cc1. The second kappa shape index (κ2) is 9.94. The van der Waals surface area contributed by atoms with Crippen LogP contribution in [0.25, 0.3) is 0 Å². The highest BCUT2D eigenvalue weighted by Crippen LogP contribution is 2.31. The van der Waals surface area contributed by atoms with Gasteiger partial charge >= 0.3 is 0 Å². The van der Waals surface area contributed by atoms with E-state index in [0.29, 0.717) is 31.6 Å². The van der Waals surface area contributed by atoms with E-state index in [4.69, 9.17) is 0 Å². The number of rotatable bonds is 9. The molecule has 2 rings (SSSR count). The lowest BCUT2D eigenvalue weighted by molar-refractivity contribution is -0.126. The van der Waals surface area contributed by atoms with Crippen LogP contribution in [0.5, 0.6) is 11.5 Å². The van der Waals surface area contributed by atoms with Crippen LogP contribution in [0.2, 0.25) is 0 Å². The van der Waals surface area contributed by atoms with Gasteiger partial charge in [0.2, 0.25) is 11.3 Å². The number of hydrogen-bond acceptors (Lipinski definition) is 5. The molecule has 2 unspecified atom stereocenters. The van der Waals surface area contributed by atoms with Crippen molar-refractivity contribution < 1.29 is 20.1 Å². The average Bonchev–Trinajstić information content (AvgIpc) is 2.68. The molecule has 0 fully saturated rings. The Bertz CT molecular complexity index is 845. The summed E-state index contributed by atoms with van der Waals surface area (Å²) in [5.41, 5.74) is 0.927. The summed E-state index contributed by atoms with van der Waals surface area (Å²) in [7, 11) is 0. The predicted octanol–water partition coefficient (Wildman–Crippen LogP) is 1.88. The molecule has 28 heavy (non-hydrogen) atoms. The first-order valence-electron chi connectivity index (χ1n) is 9.45. The van der Waals surface area contributed by atoms with Crippen molar-refractivity contribution in [3.8, 4) is 11.5 Å². The van der Waals surface area contributed by atoms with Gasteiger partial charge in [0.25, 0.3) is 0 Å². The van der Waals surface area contributed by atoms with Crippen LogP contribution in [-0.4, -0.2) is 38.9 Å². The number of nitrogens with zero attached hydrogens (tertiary/aromatic N) is 1. The molecule has 0 aliphatic rings. The summed E-state index contributed by atoms with van der Waals surface area (Å²) in [6, 6.07) is 8.00. The zero-order valence-corrected chi connectivity index (χ0v) is 16.3. The number of phenolic OH excluding ortho intramolecular Hbond substituents is 1. The number of carbonyl (C=O) groups excluding carboxylic acids is 1. The number of benzene rings is 1. The van der Waals surface area contributed by atoms with E-state index in [9.17, 15) is 24.9 Å². The minimum Gasteiger partial charge on any atom is -0.508 e. The standard InChI is InChI=1S/C21H28N2O5/c1-3-17(18(9-13-24)15-4-6-16(25)7-5-15)21(28)22-10-12-23-11-8-19(26)20(27)14(23)2/h4-8,11,17-18,24-25,27H,3,9-10,12-13H2,1-2H3,(H,22,28). The molecule has 2 atom stereocenters. The number of aromatic nitrogens is 1. The van der Waals surface area contributed by atoms with Crippen molar-refractivity contribution in [3.05, 3.63) is 58.0 Å². The molecule has 7 nitrogen and oxygen atoms in total. The minimum atomic E-state index is -0.426. The summed E-state index contributed by atoms with van der Waals surface area (Å²) < 4.78 is 1.71. The maximum Gasteiger partial charge on any atom is 0.223 e. The molecule has 1 aromatic carbocycles. The van der Waals surface area contributed by atoms with Crippen LogP contribution in [-0.2, 0) is 11.3 Å². The van der Waals surface area contributed by atoms with Crippen molar-refractivity contribution in [2.24, 2.45) is 5.92 Å². The summed E-state index contributed by atoms with van der Waals surface area (Å²) in [6.07, 6.45) is 2.64. The van der Waals surface area contributed by atoms with Crippen LogP contribution < -0.4 is 10.7 Å². The summed E-state index contributed by atoms with van der Waals surface area (Å²) >= 11 is 0. The highest BCUT2D eigenvalue weighted by Gasteiger charge is 2.27. The number of aliphatic hydroxyl groups is 1. The van der Waals surface area contributed by atoms with Gasteiger partial charge in [-0.3, -0.25) is 9.59 Å². The van der Waals surface area contributed by atoms with Crippen LogP contribution >= 0.6 is 0 Å². The van der Waals surface area contributed by atoms with Crippen LogP contribution in [0, 0.1) is 12.8 Å². The van der Waals surface area contributed by atoms with Gasteiger partial charge < -0.3 is 25.2 Å². The van der Waals surface area contributed by atoms with E-state index in [1.165, 1.54) is 6.07 Å². The molecule has 0 spiro atoms. The smallest absolute Gasteiger partial charge is 0.223 e. The number of carbonyl (C=O) groups is 1. The van der Waals surface area contributed by atoms with Crippen LogP contribution in [0.15, 0.2) is 41.3 Å². The fraction of sp³-hybridized carbons (Fsp3) is 0.429. The van der Waals surface area contributed by atoms with Crippen molar-refractivity contribution in [2.75, 3.05) is 13.2 Å². The number of nitrogens with one attached hydrogen (secondary N) is 1. The molecule has 0 aliphatic heterocycles. The topological polar surface area (TPSA) is 112 Å². The van der Waals surface area contributed by atoms with E-state index in [2.05, 4.69) is 5.32 Å². The molecular weight excluding hydrogens is 360 g/mol. The molecule has 1 aromatic heterocycles. The number of aromatic hydroxyl groups is 2. The van der Waals surface area contributed by atoms with Crippen LogP contribution in [0.1, 0.15) is 36.9 Å². The number of amides is 1. The van der Waals surface area contributed by atoms with Crippen molar-refractivity contribution in [1.82, 2.24) is 9.88 Å². The molecule has 0 saturated heterocycles. The van der Waals surface area contributed by atoms with Crippen molar-refractivity contribution in [2.45, 2.75) is 39.2 Å². The molecule has 4 N–H and O–H groups in total. The lowest BCUT2D eigenvalue weighted by Gasteiger charge is -2.26. The van der Waals surface area contributed by atoms with Gasteiger partial charge in [0.1, 0.15) is 5.75 Å². The minimum absolute atomic E-state index is 0.0365. The third-order valence-corrected chi connectivity index (χ3v) is 5.09. The van der Waals surface area contributed by atoms with Gasteiger partial charge in [-0.2, -0.15) is 0 Å². The van der Waals surface area contributed by atoms with Crippen molar-refractivity contribution in [3.63, 3.8) is 0 Å². The number of aliphatic hydroxyl groups excluding tert-OH is 1. The molecule has 0 aliphatic carbocycles. The second-order valence-electron chi connectivity index (χ2n) is 6.82. The lowest BCUT2D eigenvalue weighted by Crippen LogP contribution is -2.36. The van der Waals surface area contributed by atoms with E-state index in [1.807, 2.05) is 6.92 Å². The first kappa shape index (κ1) is 21.5. The van der Waals surface area contributed by atoms with E-state index >= 15 is 0 Å². The van der Waals surface area contributed by atoms with E-state index in [-0.39, 0.29) is 35.8 Å². The Balaban J connectivity index is 2.06. The zero-order chi connectivity index (χ0) is 20.7. The van der Waals surface area contributed by atoms with Crippen LogP contribution in [0.4, 0.5) is 0 Å². The Morgan fingerprint density at radius 2 is 1.86 bits per heavy atom. The van der Waals surface area contributed by atoms with Gasteiger partial charge in [0.05, 0.1) is 5.69 Å². The van der Waals surface area contributed by atoms with Gasteiger partial charge in [-0.15, -0.1) is 0 Å². The Kier molecular flexibility index (Phi) is 7.63. The van der Waals surface area contributed by atoms with Crippen molar-refractivity contribution in [1.29, 1.82) is 0 Å². The molecular formula is C21H28N2O5. The summed E-state index contributed by atoms with van der Waals surface area (Å²) in [4.78, 5) is 24.2. The highest BCUT2D eigenvalue weighted by atomic mass is 16.3. The van der Waals surface area contributed by atoms with Crippen LogP contribution in [0.3, 0.4) is 0 Å². The van der Waals surface area contributed by atoms with Gasteiger partial charge in [-0.25, -0.2) is 0 Å². The quantitative estimate of drug-likeness (QED) is 0.524. The van der Waals surface area contributed by atoms with Gasteiger partial charge in [-0.05, 0) is 43.4 Å². The Hall–Kier alpha value is -2.80. The molecule has 1 heterocycles. The van der Waals surface area contributed by atoms with E-state index in [1.54, 1.807) is 42.0 Å². The molecule has 2 aromatic rings. The Morgan fingerprint density at radius 1 is 1.18 bits per heavy atom. The van der Waals surface area contributed by atoms with Gasteiger partial charge in [0.15, 0.2) is 5.75 Å². The maximum atomic E-state index is 12.8. The molecule has 0 radical (unpaired) electrons. The largest absolute Gasteiger partial charge is 0.508 e. The zero-order valence-electron chi connectivity index (χ0n) is 16.3.